The number of amides is 2. The van der Waals surface area contributed by atoms with E-state index in [1.165, 1.54) is 0 Å². The molecular formula is C40H54N6O8. The average Bonchev–Trinajstić information content (AvgIpc) is 3.64. The fraction of sp³-hybridized carbons (Fsp3) is 0.600. The first kappa shape index (κ1) is 39.3. The molecule has 14 heteroatoms. The summed E-state index contributed by atoms with van der Waals surface area (Å²) >= 11 is 0. The number of aliphatic hydroxyl groups is 1. The monoisotopic (exact) mass is 746 g/mol. The van der Waals surface area contributed by atoms with Crippen molar-refractivity contribution in [3.63, 3.8) is 0 Å². The maximum Gasteiger partial charge on any atom is 0.338 e. The summed E-state index contributed by atoms with van der Waals surface area (Å²) in [5, 5.41) is 24.7. The first-order chi connectivity index (χ1) is 26.2. The molecule has 0 unspecified atom stereocenters. The standard InChI is InChI=1S/C24H29N3O5.C16H25N3O3/c1-2-27-21-19(14-24(16-25-22(21)29)9-12-31-13-10-24)20(26-27)4-3-11-32-23(30)18-7-5-17(15-28)6-8-18;1-2-19-14-12(13(18-19)4-3-7-20)10-16(11-17-15(14)21)5-8-22-9-6-16/h5-8,15H,2-4,9-14,16H2,1H3,(H,25,29);20H,2-11H2,1H3,(H,17,21). The van der Waals surface area contributed by atoms with Crippen LogP contribution >= 0.6 is 0 Å². The zero-order valence-corrected chi connectivity index (χ0v) is 31.6. The SMILES string of the molecule is CCn1nc(CCCO)c2c1C(=O)NCC1(CCOCC1)C2.CCn1nc(CCCOC(=O)c2ccc(C=O)cc2)c2c1C(=O)NCC1(CCOCC1)C2. The van der Waals surface area contributed by atoms with Crippen molar-refractivity contribution in [3.05, 3.63) is 69.3 Å². The molecule has 0 aliphatic carbocycles. The average molecular weight is 747 g/mol. The van der Waals surface area contributed by atoms with Crippen LogP contribution in [0.25, 0.3) is 0 Å². The van der Waals surface area contributed by atoms with Crippen molar-refractivity contribution in [1.29, 1.82) is 0 Å². The van der Waals surface area contributed by atoms with Gasteiger partial charge in [0.05, 0.1) is 23.6 Å². The van der Waals surface area contributed by atoms with Crippen molar-refractivity contribution in [2.45, 2.75) is 91.1 Å². The second kappa shape index (κ2) is 17.8. The molecule has 0 saturated carbocycles. The van der Waals surface area contributed by atoms with Crippen LogP contribution in [0.5, 0.6) is 0 Å². The normalized spacial score (nSPS) is 18.6. The summed E-state index contributed by atoms with van der Waals surface area (Å²) in [6.45, 7) is 10.0. The molecule has 0 bridgehead atoms. The molecular weight excluding hydrogens is 692 g/mol. The summed E-state index contributed by atoms with van der Waals surface area (Å²) in [7, 11) is 0. The number of carbonyl (C=O) groups is 4. The Hall–Kier alpha value is -4.40. The molecule has 4 aliphatic heterocycles. The van der Waals surface area contributed by atoms with E-state index in [-0.39, 0.29) is 35.9 Å². The van der Waals surface area contributed by atoms with E-state index in [0.29, 0.717) is 75.5 Å². The van der Waals surface area contributed by atoms with E-state index in [1.54, 1.807) is 28.9 Å². The van der Waals surface area contributed by atoms with Crippen molar-refractivity contribution in [1.82, 2.24) is 30.2 Å². The minimum atomic E-state index is -0.416. The molecule has 2 fully saturated rings. The zero-order valence-electron chi connectivity index (χ0n) is 31.6. The Bertz CT molecular complexity index is 1790. The quantitative estimate of drug-likeness (QED) is 0.150. The Labute approximate surface area is 316 Å². The third-order valence-corrected chi connectivity index (χ3v) is 11.4. The molecule has 2 aromatic heterocycles. The predicted octanol–water partition coefficient (Wildman–Crippen LogP) is 3.50. The smallest absolute Gasteiger partial charge is 0.338 e. The van der Waals surface area contributed by atoms with E-state index < -0.39 is 5.97 Å². The molecule has 3 aromatic rings. The number of fused-ring (bicyclic) bond motifs is 2. The number of ether oxygens (including phenoxy) is 3. The number of benzene rings is 1. The molecule has 7 rings (SSSR count). The highest BCUT2D eigenvalue weighted by Gasteiger charge is 2.41. The van der Waals surface area contributed by atoms with Gasteiger partial charge in [0.25, 0.3) is 11.8 Å². The van der Waals surface area contributed by atoms with E-state index in [0.717, 1.165) is 92.7 Å². The van der Waals surface area contributed by atoms with Crippen LogP contribution in [0.2, 0.25) is 0 Å². The van der Waals surface area contributed by atoms with Gasteiger partial charge in [0.2, 0.25) is 0 Å². The third kappa shape index (κ3) is 8.76. The molecule has 14 nitrogen and oxygen atoms in total. The zero-order chi connectivity index (χ0) is 38.1. The summed E-state index contributed by atoms with van der Waals surface area (Å²) in [5.41, 5.74) is 6.43. The number of esters is 1. The lowest BCUT2D eigenvalue weighted by atomic mass is 9.75. The molecule has 3 N–H and O–H groups in total. The van der Waals surface area contributed by atoms with Gasteiger partial charge in [-0.05, 0) is 101 Å². The molecule has 6 heterocycles. The molecule has 54 heavy (non-hydrogen) atoms. The van der Waals surface area contributed by atoms with Crippen LogP contribution in [0.15, 0.2) is 24.3 Å². The van der Waals surface area contributed by atoms with Crippen molar-refractivity contribution in [2.24, 2.45) is 10.8 Å². The Kier molecular flexibility index (Phi) is 13.0. The summed E-state index contributed by atoms with van der Waals surface area (Å²) < 4.78 is 20.1. The number of hydrogen-bond donors (Lipinski definition) is 3. The van der Waals surface area contributed by atoms with Gasteiger partial charge in [-0.15, -0.1) is 0 Å². The Morgan fingerprint density at radius 3 is 1.74 bits per heavy atom. The number of aromatic nitrogens is 4. The van der Waals surface area contributed by atoms with Crippen LogP contribution < -0.4 is 10.6 Å². The summed E-state index contributed by atoms with van der Waals surface area (Å²) in [6.07, 6.45) is 8.87. The van der Waals surface area contributed by atoms with Crippen molar-refractivity contribution in [2.75, 3.05) is 52.7 Å². The maximum absolute atomic E-state index is 12.9. The fourth-order valence-electron chi connectivity index (χ4n) is 8.16. The van der Waals surface area contributed by atoms with Crippen molar-refractivity contribution >= 4 is 24.1 Å². The highest BCUT2D eigenvalue weighted by atomic mass is 16.5. The molecule has 1 aromatic carbocycles. The predicted molar refractivity (Wildman–Crippen MR) is 199 cm³/mol. The highest BCUT2D eigenvalue weighted by Crippen LogP contribution is 2.39. The topological polar surface area (TPSA) is 176 Å². The Balaban J connectivity index is 0.000000197. The lowest BCUT2D eigenvalue weighted by molar-refractivity contribution is 0.0159. The van der Waals surface area contributed by atoms with Crippen molar-refractivity contribution < 1.29 is 38.5 Å². The highest BCUT2D eigenvalue weighted by molar-refractivity contribution is 5.95. The number of rotatable bonds is 11. The van der Waals surface area contributed by atoms with Gasteiger partial charge in [-0.1, -0.05) is 12.1 Å². The van der Waals surface area contributed by atoms with E-state index >= 15 is 0 Å². The lowest BCUT2D eigenvalue weighted by Crippen LogP contribution is -2.40. The number of aliphatic hydroxyl groups excluding tert-OH is 1. The molecule has 292 valence electrons. The number of hydrogen-bond acceptors (Lipinski definition) is 10. The van der Waals surface area contributed by atoms with Crippen LogP contribution in [-0.4, -0.2) is 101 Å². The maximum atomic E-state index is 12.9. The van der Waals surface area contributed by atoms with E-state index in [4.69, 9.17) is 24.4 Å². The van der Waals surface area contributed by atoms with Gasteiger partial charge >= 0.3 is 5.97 Å². The van der Waals surface area contributed by atoms with Crippen LogP contribution in [0.4, 0.5) is 0 Å². The van der Waals surface area contributed by atoms with Gasteiger partial charge < -0.3 is 30.0 Å². The molecule has 2 saturated heterocycles. The third-order valence-electron chi connectivity index (χ3n) is 11.4. The van der Waals surface area contributed by atoms with Gasteiger partial charge in [0, 0.05) is 75.9 Å². The van der Waals surface area contributed by atoms with Gasteiger partial charge in [0.1, 0.15) is 17.7 Å². The van der Waals surface area contributed by atoms with Gasteiger partial charge in [-0.2, -0.15) is 10.2 Å². The van der Waals surface area contributed by atoms with Crippen LogP contribution in [0, 0.1) is 10.8 Å². The van der Waals surface area contributed by atoms with E-state index in [9.17, 15) is 19.2 Å². The van der Waals surface area contributed by atoms with Gasteiger partial charge in [-0.25, -0.2) is 4.79 Å². The number of aldehydes is 1. The first-order valence-electron chi connectivity index (χ1n) is 19.5. The Morgan fingerprint density at radius 1 is 0.815 bits per heavy atom. The molecule has 2 amide bonds. The minimum absolute atomic E-state index is 0.00958. The minimum Gasteiger partial charge on any atom is -0.462 e. The molecule has 4 aliphatic rings. The van der Waals surface area contributed by atoms with Gasteiger partial charge in [0.15, 0.2) is 0 Å². The molecule has 0 atom stereocenters. The van der Waals surface area contributed by atoms with Crippen molar-refractivity contribution in [3.8, 4) is 0 Å². The molecule has 0 radical (unpaired) electrons. The second-order valence-electron chi connectivity index (χ2n) is 14.9. The lowest BCUT2D eigenvalue weighted by Gasteiger charge is -2.36. The number of nitrogens with zero attached hydrogens (tertiary/aromatic N) is 4. The van der Waals surface area contributed by atoms with Crippen LogP contribution in [0.1, 0.15) is 117 Å². The summed E-state index contributed by atoms with van der Waals surface area (Å²) in [5.74, 6) is -0.488. The number of aryl methyl sites for hydroxylation is 4. The largest absolute Gasteiger partial charge is 0.462 e. The number of carbonyl (C=O) groups excluding carboxylic acids is 4. The molecule has 2 spiro atoms. The summed E-state index contributed by atoms with van der Waals surface area (Å²) in [6, 6.07) is 6.35. The van der Waals surface area contributed by atoms with Crippen LogP contribution in [-0.2, 0) is 53.0 Å². The summed E-state index contributed by atoms with van der Waals surface area (Å²) in [4.78, 5) is 48.4. The second-order valence-corrected chi connectivity index (χ2v) is 14.9. The fourth-order valence-corrected chi connectivity index (χ4v) is 8.16. The first-order valence-corrected chi connectivity index (χ1v) is 19.5. The van der Waals surface area contributed by atoms with Crippen LogP contribution in [0.3, 0.4) is 0 Å². The van der Waals surface area contributed by atoms with Gasteiger partial charge in [-0.3, -0.25) is 23.7 Å². The van der Waals surface area contributed by atoms with E-state index in [2.05, 4.69) is 15.7 Å². The Morgan fingerprint density at radius 2 is 1.30 bits per heavy atom. The van der Waals surface area contributed by atoms with E-state index in [1.807, 2.05) is 18.5 Å². The number of nitrogens with one attached hydrogen (secondary N) is 2.